The van der Waals surface area contributed by atoms with Crippen molar-refractivity contribution in [3.05, 3.63) is 204 Å². The Kier molecular flexibility index (Phi) is 10.4. The van der Waals surface area contributed by atoms with Gasteiger partial charge in [-0.3, -0.25) is 0 Å². The molecule has 10 rings (SSSR count). The van der Waals surface area contributed by atoms with Gasteiger partial charge < -0.3 is 13.7 Å². The Morgan fingerprint density at radius 3 is 1.84 bits per heavy atom. The first-order valence-corrected chi connectivity index (χ1v) is 23.8. The van der Waals surface area contributed by atoms with E-state index in [1.54, 1.807) is 0 Å². The molecule has 4 heteroatoms. The van der Waals surface area contributed by atoms with Crippen LogP contribution in [0, 0.1) is 5.41 Å². The summed E-state index contributed by atoms with van der Waals surface area (Å²) in [6, 6.07) is 56.6. The van der Waals surface area contributed by atoms with Crippen molar-refractivity contribution < 1.29 is 0 Å². The zero-order chi connectivity index (χ0) is 43.5. The predicted octanol–water partition coefficient (Wildman–Crippen LogP) is 14.5. The lowest BCUT2D eigenvalue weighted by Crippen LogP contribution is -2.20. The summed E-state index contributed by atoms with van der Waals surface area (Å²) in [5, 5.41) is 6.63. The minimum atomic E-state index is -0.730. The van der Waals surface area contributed by atoms with E-state index in [0.717, 1.165) is 24.2 Å². The van der Waals surface area contributed by atoms with Crippen LogP contribution < -0.4 is 15.9 Å². The number of allylic oxidation sites excluding steroid dienone is 4. The number of rotatable bonds is 8. The number of hydrogen-bond donors (Lipinski definition) is 0. The number of aromatic nitrogens is 3. The van der Waals surface area contributed by atoms with E-state index in [1.807, 2.05) is 0 Å². The minimum Gasteiger partial charge on any atom is -0.314 e. The van der Waals surface area contributed by atoms with Crippen molar-refractivity contribution >= 4 is 68.8 Å². The Bertz CT molecular complexity index is 3170. The Balaban J connectivity index is 1.19. The molecule has 3 nitrogen and oxygen atoms in total. The molecule has 0 atom stereocenters. The molecule has 1 aliphatic carbocycles. The molecule has 0 aliphatic heterocycles. The van der Waals surface area contributed by atoms with Gasteiger partial charge in [-0.05, 0) is 126 Å². The zero-order valence-corrected chi connectivity index (χ0v) is 38.5. The lowest BCUT2D eigenvalue weighted by molar-refractivity contribution is 0.516. The van der Waals surface area contributed by atoms with E-state index in [0.29, 0.717) is 0 Å². The molecule has 0 fully saturated rings. The van der Waals surface area contributed by atoms with Crippen LogP contribution in [0.15, 0.2) is 182 Å². The summed E-state index contributed by atoms with van der Waals surface area (Å²) in [7, 11) is -0.730. The molecule has 0 bridgehead atoms. The van der Waals surface area contributed by atoms with E-state index in [4.69, 9.17) is 0 Å². The van der Waals surface area contributed by atoms with E-state index in [1.165, 1.54) is 82.4 Å². The van der Waals surface area contributed by atoms with Gasteiger partial charge in [-0.1, -0.05) is 169 Å². The van der Waals surface area contributed by atoms with Crippen LogP contribution in [0.25, 0.3) is 62.1 Å². The monoisotopic (exact) mass is 837 g/mol. The summed E-state index contributed by atoms with van der Waals surface area (Å²) >= 11 is 0. The first kappa shape index (κ1) is 40.6. The molecule has 3 heterocycles. The average Bonchev–Trinajstić information content (AvgIpc) is 3.95. The average molecular weight is 838 g/mol. The molecule has 63 heavy (non-hydrogen) atoms. The van der Waals surface area contributed by atoms with Gasteiger partial charge in [0.25, 0.3) is 0 Å². The highest BCUT2D eigenvalue weighted by atomic mass is 31.1. The van der Waals surface area contributed by atoms with Crippen molar-refractivity contribution in [1.82, 2.24) is 13.7 Å². The summed E-state index contributed by atoms with van der Waals surface area (Å²) in [6.45, 7) is 16.0. The second-order valence-electron chi connectivity index (χ2n) is 19.0. The van der Waals surface area contributed by atoms with E-state index < -0.39 is 7.92 Å². The van der Waals surface area contributed by atoms with Crippen LogP contribution in [0.1, 0.15) is 77.3 Å². The zero-order valence-electron chi connectivity index (χ0n) is 37.6. The maximum atomic E-state index is 2.53. The lowest BCUT2D eigenvalue weighted by Gasteiger charge is -2.21. The molecule has 0 saturated carbocycles. The van der Waals surface area contributed by atoms with Gasteiger partial charge in [-0.15, -0.1) is 0 Å². The van der Waals surface area contributed by atoms with Crippen molar-refractivity contribution in [3.8, 4) is 17.1 Å². The smallest absolute Gasteiger partial charge is 0.0798 e. The fourth-order valence-electron chi connectivity index (χ4n) is 9.64. The fourth-order valence-corrected chi connectivity index (χ4v) is 11.9. The third-order valence-electron chi connectivity index (χ3n) is 12.8. The molecule has 9 aromatic rings. The molecule has 0 radical (unpaired) electrons. The fraction of sp³-hybridized carbons (Fsp3) is 0.186. The molecule has 1 aliphatic rings. The van der Waals surface area contributed by atoms with Gasteiger partial charge in [0.2, 0.25) is 0 Å². The Morgan fingerprint density at radius 2 is 1.19 bits per heavy atom. The van der Waals surface area contributed by atoms with E-state index >= 15 is 0 Å². The van der Waals surface area contributed by atoms with Gasteiger partial charge in [0.05, 0.1) is 22.1 Å². The summed E-state index contributed by atoms with van der Waals surface area (Å²) in [4.78, 5) is 0. The number of aryl methyl sites for hydroxylation is 1. The van der Waals surface area contributed by atoms with Crippen molar-refractivity contribution in [2.45, 2.75) is 66.7 Å². The molecule has 3 aromatic heterocycles. The topological polar surface area (TPSA) is 14.8 Å². The van der Waals surface area contributed by atoms with Crippen molar-refractivity contribution in [1.29, 1.82) is 0 Å². The highest BCUT2D eigenvalue weighted by Crippen LogP contribution is 2.41. The second kappa shape index (κ2) is 16.1. The predicted molar refractivity (Wildman–Crippen MR) is 274 cm³/mol. The summed E-state index contributed by atoms with van der Waals surface area (Å²) < 4.78 is 7.40. The van der Waals surface area contributed by atoms with Crippen LogP contribution in [0.4, 0.5) is 0 Å². The van der Waals surface area contributed by atoms with Crippen LogP contribution in [0.5, 0.6) is 0 Å². The largest absolute Gasteiger partial charge is 0.314 e. The molecule has 312 valence electrons. The van der Waals surface area contributed by atoms with Crippen molar-refractivity contribution in [2.24, 2.45) is 5.41 Å². The highest BCUT2D eigenvalue weighted by Gasteiger charge is 2.25. The quantitative estimate of drug-likeness (QED) is 0.107. The third kappa shape index (κ3) is 7.33. The first-order chi connectivity index (χ1) is 30.5. The van der Waals surface area contributed by atoms with E-state index in [2.05, 4.69) is 250 Å². The molecule has 0 N–H and O–H groups in total. The molecule has 6 aromatic carbocycles. The number of benzene rings is 6. The van der Waals surface area contributed by atoms with Crippen LogP contribution in [-0.4, -0.2) is 13.7 Å². The number of fused-ring (bicyclic) bond motifs is 6. The van der Waals surface area contributed by atoms with E-state index in [-0.39, 0.29) is 10.8 Å². The number of hydrogen-bond acceptors (Lipinski definition) is 0. The highest BCUT2D eigenvalue weighted by molar-refractivity contribution is 7.79. The molecule has 0 saturated heterocycles. The number of nitrogens with zero attached hydrogens (tertiary/aromatic N) is 3. The van der Waals surface area contributed by atoms with Crippen LogP contribution in [0.2, 0.25) is 0 Å². The van der Waals surface area contributed by atoms with Crippen molar-refractivity contribution in [3.63, 3.8) is 0 Å². The van der Waals surface area contributed by atoms with Gasteiger partial charge in [-0.2, -0.15) is 0 Å². The standard InChI is InChI=1S/C59H56N3P/c1-8-42(58(2,3)4)28-27-41-40-60(44-30-32-45(33-31-44)61-53-25-17-15-23-50(53)51-24-16-18-26-54(51)61)57-52-38-29-43(59(5,6)7)39-55(52)62(56(41)57)46-34-36-49(37-35-46)63(47-19-11-9-12-20-47)48-21-13-10-14-22-48/h8-15,17-23,25-40H,16,24H2,1-7H3/b28-27-,42-8+. The third-order valence-corrected chi connectivity index (χ3v) is 15.3. The van der Waals surface area contributed by atoms with Gasteiger partial charge in [0.15, 0.2) is 0 Å². The van der Waals surface area contributed by atoms with Gasteiger partial charge in [0.1, 0.15) is 0 Å². The second-order valence-corrected chi connectivity index (χ2v) is 21.2. The molecule has 0 unspecified atom stereocenters. The maximum absolute atomic E-state index is 2.53. The van der Waals surface area contributed by atoms with Crippen molar-refractivity contribution in [2.75, 3.05) is 0 Å². The van der Waals surface area contributed by atoms with E-state index in [9.17, 15) is 0 Å². The van der Waals surface area contributed by atoms with Crippen LogP contribution in [0.3, 0.4) is 0 Å². The van der Waals surface area contributed by atoms with Crippen LogP contribution in [-0.2, 0) is 11.8 Å². The maximum Gasteiger partial charge on any atom is 0.0798 e. The summed E-state index contributed by atoms with van der Waals surface area (Å²) in [5.41, 5.74) is 14.9. The lowest BCUT2D eigenvalue weighted by atomic mass is 9.86. The summed E-state index contributed by atoms with van der Waals surface area (Å²) in [5.74, 6) is 0. The van der Waals surface area contributed by atoms with Gasteiger partial charge in [-0.25, -0.2) is 0 Å². The minimum absolute atomic E-state index is 0.0137. The molecule has 0 amide bonds. The Morgan fingerprint density at radius 1 is 0.587 bits per heavy atom. The summed E-state index contributed by atoms with van der Waals surface area (Å²) in [6.07, 6.45) is 16.1. The van der Waals surface area contributed by atoms with Gasteiger partial charge >= 0.3 is 0 Å². The number of para-hydroxylation sites is 1. The normalized spacial score (nSPS) is 13.6. The first-order valence-electron chi connectivity index (χ1n) is 22.4. The Hall–Kier alpha value is -6.41. The SMILES string of the molecule is C/C=C(\C=C/c1cn(-c2ccc(-n3c4c(c5ccccc53)CCC=C4)cc2)c2c3ccc(C(C)(C)C)cc3n(-c3ccc(P(c4ccccc4)c4ccccc4)cc3)c12)C(C)(C)C. The molecular weight excluding hydrogens is 782 g/mol. The van der Waals surface area contributed by atoms with Gasteiger partial charge in [0, 0.05) is 45.3 Å². The molecule has 0 spiro atoms. The molecular formula is C59H56N3P. The van der Waals surface area contributed by atoms with Crippen LogP contribution >= 0.6 is 7.92 Å². The Labute approximate surface area is 374 Å².